The number of benzene rings is 1. The van der Waals surface area contributed by atoms with E-state index in [4.69, 9.17) is 0 Å². The average Bonchev–Trinajstić information content (AvgIpc) is 2.73. The highest BCUT2D eigenvalue weighted by atomic mass is 14.7. The fourth-order valence-electron chi connectivity index (χ4n) is 2.31. The number of nitrogens with one attached hydrogen (secondary N) is 1. The topological polar surface area (TPSA) is 28.7 Å². The van der Waals surface area contributed by atoms with Crippen molar-refractivity contribution < 1.29 is 0 Å². The van der Waals surface area contributed by atoms with E-state index in [1.54, 1.807) is 0 Å². The van der Waals surface area contributed by atoms with Gasteiger partial charge in [-0.15, -0.1) is 6.58 Å². The number of allylic oxidation sites excluding steroid dienone is 1. The summed E-state index contributed by atoms with van der Waals surface area (Å²) in [6.07, 6.45) is 5.84. The Hall–Kier alpha value is -2.09. The van der Waals surface area contributed by atoms with Gasteiger partial charge in [0, 0.05) is 34.2 Å². The van der Waals surface area contributed by atoms with E-state index in [1.807, 2.05) is 18.5 Å². The maximum Gasteiger partial charge on any atom is 0.0495 e. The summed E-state index contributed by atoms with van der Waals surface area (Å²) in [4.78, 5) is 7.63. The molecule has 0 saturated heterocycles. The highest BCUT2D eigenvalue weighted by Gasteiger charge is 2.04. The molecule has 0 radical (unpaired) electrons. The zero-order valence-corrected chi connectivity index (χ0v) is 10.5. The van der Waals surface area contributed by atoms with Gasteiger partial charge in [0.1, 0.15) is 0 Å². The van der Waals surface area contributed by atoms with Crippen LogP contribution >= 0.6 is 0 Å². The van der Waals surface area contributed by atoms with Gasteiger partial charge in [0.25, 0.3) is 0 Å². The molecule has 0 bridgehead atoms. The predicted octanol–water partition coefficient (Wildman–Crippen LogP) is 4.22. The number of aromatic amines is 1. The first-order valence-corrected chi connectivity index (χ1v) is 6.23. The third-order valence-electron chi connectivity index (χ3n) is 3.31. The van der Waals surface area contributed by atoms with Crippen LogP contribution in [0.1, 0.15) is 18.9 Å². The second-order valence-corrected chi connectivity index (χ2v) is 4.88. The highest BCUT2D eigenvalue weighted by Crippen LogP contribution is 2.25. The summed E-state index contributed by atoms with van der Waals surface area (Å²) in [5.41, 5.74) is 4.93. The molecular formula is C16H16N2. The van der Waals surface area contributed by atoms with Gasteiger partial charge in [-0.05, 0) is 37.5 Å². The number of hydrogen-bond acceptors (Lipinski definition) is 1. The molecule has 2 heteroatoms. The Bertz CT molecular complexity index is 722. The molecule has 0 fully saturated rings. The second-order valence-electron chi connectivity index (χ2n) is 4.88. The molecule has 0 aliphatic heterocycles. The number of H-pyrrole nitrogens is 1. The third kappa shape index (κ3) is 1.90. The second kappa shape index (κ2) is 4.30. The lowest BCUT2D eigenvalue weighted by Gasteiger charge is -2.01. The van der Waals surface area contributed by atoms with Crippen LogP contribution in [-0.4, -0.2) is 9.97 Å². The van der Waals surface area contributed by atoms with E-state index in [1.165, 1.54) is 27.4 Å². The summed E-state index contributed by atoms with van der Waals surface area (Å²) in [5.74, 6) is 0. The Labute approximate surface area is 106 Å². The van der Waals surface area contributed by atoms with Crippen LogP contribution in [0.2, 0.25) is 0 Å². The molecule has 2 aromatic heterocycles. The SMILES string of the molecule is C=C(C)CCc1ccc2c(c1)[nH]c1ccncc12. The van der Waals surface area contributed by atoms with Gasteiger partial charge in [0.2, 0.25) is 0 Å². The van der Waals surface area contributed by atoms with Gasteiger partial charge in [-0.1, -0.05) is 17.7 Å². The minimum Gasteiger partial charge on any atom is -0.354 e. The van der Waals surface area contributed by atoms with E-state index in [0.717, 1.165) is 18.4 Å². The van der Waals surface area contributed by atoms with E-state index in [0.29, 0.717) is 0 Å². The Morgan fingerprint density at radius 3 is 2.94 bits per heavy atom. The lowest BCUT2D eigenvalue weighted by molar-refractivity contribution is 0.947. The number of pyridine rings is 1. The zero-order valence-electron chi connectivity index (χ0n) is 10.5. The molecule has 0 spiro atoms. The van der Waals surface area contributed by atoms with Crippen molar-refractivity contribution in [3.05, 3.63) is 54.4 Å². The number of hydrogen-bond donors (Lipinski definition) is 1. The fraction of sp³-hybridized carbons (Fsp3) is 0.188. The van der Waals surface area contributed by atoms with Crippen molar-refractivity contribution >= 4 is 21.8 Å². The fourth-order valence-corrected chi connectivity index (χ4v) is 2.31. The van der Waals surface area contributed by atoms with E-state index < -0.39 is 0 Å². The molecule has 0 atom stereocenters. The summed E-state index contributed by atoms with van der Waals surface area (Å²) in [6, 6.07) is 8.64. The molecule has 0 aliphatic carbocycles. The molecule has 3 aromatic rings. The molecule has 1 N–H and O–H groups in total. The van der Waals surface area contributed by atoms with E-state index in [9.17, 15) is 0 Å². The van der Waals surface area contributed by atoms with Crippen molar-refractivity contribution in [2.45, 2.75) is 19.8 Å². The summed E-state index contributed by atoms with van der Waals surface area (Å²) >= 11 is 0. The molecule has 0 aliphatic rings. The lowest BCUT2D eigenvalue weighted by atomic mass is 10.0. The van der Waals surface area contributed by atoms with Crippen LogP contribution < -0.4 is 0 Å². The van der Waals surface area contributed by atoms with Crippen molar-refractivity contribution in [3.63, 3.8) is 0 Å². The smallest absolute Gasteiger partial charge is 0.0495 e. The maximum absolute atomic E-state index is 4.19. The number of aryl methyl sites for hydroxylation is 1. The molecule has 18 heavy (non-hydrogen) atoms. The Kier molecular flexibility index (Phi) is 2.63. The van der Waals surface area contributed by atoms with Gasteiger partial charge in [-0.3, -0.25) is 4.98 Å². The number of rotatable bonds is 3. The van der Waals surface area contributed by atoms with Crippen molar-refractivity contribution in [1.82, 2.24) is 9.97 Å². The molecular weight excluding hydrogens is 220 g/mol. The first-order chi connectivity index (χ1) is 8.74. The molecule has 2 nitrogen and oxygen atoms in total. The van der Waals surface area contributed by atoms with Crippen LogP contribution in [0.4, 0.5) is 0 Å². The Morgan fingerprint density at radius 2 is 2.11 bits per heavy atom. The van der Waals surface area contributed by atoms with Gasteiger partial charge < -0.3 is 4.98 Å². The number of nitrogens with zero attached hydrogens (tertiary/aromatic N) is 1. The average molecular weight is 236 g/mol. The summed E-state index contributed by atoms with van der Waals surface area (Å²) < 4.78 is 0. The normalized spacial score (nSPS) is 11.2. The van der Waals surface area contributed by atoms with Crippen LogP contribution in [0.5, 0.6) is 0 Å². The van der Waals surface area contributed by atoms with Gasteiger partial charge >= 0.3 is 0 Å². The van der Waals surface area contributed by atoms with Crippen LogP contribution in [0.3, 0.4) is 0 Å². The lowest BCUT2D eigenvalue weighted by Crippen LogP contribution is -1.85. The van der Waals surface area contributed by atoms with Gasteiger partial charge in [-0.2, -0.15) is 0 Å². The summed E-state index contributed by atoms with van der Waals surface area (Å²) in [5, 5.41) is 2.44. The van der Waals surface area contributed by atoms with Gasteiger partial charge in [0.15, 0.2) is 0 Å². The monoisotopic (exact) mass is 236 g/mol. The van der Waals surface area contributed by atoms with Crippen molar-refractivity contribution in [2.24, 2.45) is 0 Å². The molecule has 0 saturated carbocycles. The minimum absolute atomic E-state index is 1.05. The van der Waals surface area contributed by atoms with Gasteiger partial charge in [0.05, 0.1) is 0 Å². The molecule has 1 aromatic carbocycles. The summed E-state index contributed by atoms with van der Waals surface area (Å²) in [6.45, 7) is 6.03. The van der Waals surface area contributed by atoms with Crippen molar-refractivity contribution in [1.29, 1.82) is 0 Å². The molecule has 90 valence electrons. The molecule has 2 heterocycles. The van der Waals surface area contributed by atoms with Crippen LogP contribution in [0.25, 0.3) is 21.8 Å². The standard InChI is InChI=1S/C16H16N2/c1-11(2)3-4-12-5-6-13-14-10-17-8-7-15(14)18-16(13)9-12/h5-10,18H,1,3-4H2,2H3. The van der Waals surface area contributed by atoms with E-state index >= 15 is 0 Å². The van der Waals surface area contributed by atoms with Gasteiger partial charge in [-0.25, -0.2) is 0 Å². The molecule has 0 unspecified atom stereocenters. The maximum atomic E-state index is 4.19. The van der Waals surface area contributed by atoms with E-state index in [-0.39, 0.29) is 0 Å². The first-order valence-electron chi connectivity index (χ1n) is 6.23. The van der Waals surface area contributed by atoms with Crippen molar-refractivity contribution in [3.8, 4) is 0 Å². The largest absolute Gasteiger partial charge is 0.354 e. The molecule has 3 rings (SSSR count). The predicted molar refractivity (Wildman–Crippen MR) is 76.7 cm³/mol. The highest BCUT2D eigenvalue weighted by molar-refractivity contribution is 6.06. The first kappa shape index (κ1) is 11.0. The Morgan fingerprint density at radius 1 is 1.22 bits per heavy atom. The summed E-state index contributed by atoms with van der Waals surface area (Å²) in [7, 11) is 0. The van der Waals surface area contributed by atoms with Crippen molar-refractivity contribution in [2.75, 3.05) is 0 Å². The third-order valence-corrected chi connectivity index (χ3v) is 3.31. The van der Waals surface area contributed by atoms with E-state index in [2.05, 4.69) is 41.7 Å². The number of aromatic nitrogens is 2. The quantitative estimate of drug-likeness (QED) is 0.677. The zero-order chi connectivity index (χ0) is 12.5. The number of fused-ring (bicyclic) bond motifs is 3. The minimum atomic E-state index is 1.05. The Balaban J connectivity index is 2.07. The van der Waals surface area contributed by atoms with Crippen LogP contribution in [-0.2, 0) is 6.42 Å². The molecule has 0 amide bonds. The van der Waals surface area contributed by atoms with Crippen LogP contribution in [0, 0.1) is 0 Å². The van der Waals surface area contributed by atoms with Crippen LogP contribution in [0.15, 0.2) is 48.8 Å².